The van der Waals surface area contributed by atoms with Gasteiger partial charge in [-0.05, 0) is 96.3 Å². The molecule has 0 amide bonds. The number of hydrogen-bond acceptors (Lipinski definition) is 8. The maximum absolute atomic E-state index is 12.8. The van der Waals surface area contributed by atoms with Gasteiger partial charge in [0, 0.05) is 12.8 Å². The second-order valence-corrected chi connectivity index (χ2v) is 21.3. The number of phosphoric acid groups is 1. The Morgan fingerprint density at radius 2 is 0.803 bits per heavy atom. The van der Waals surface area contributed by atoms with Crippen molar-refractivity contribution in [1.82, 2.24) is 0 Å². The number of unbranched alkanes of at least 4 members (excludes halogenated alkanes) is 21. The number of hydrogen-bond donors (Lipinski definition) is 0. The SMILES string of the molecule is CC/C=C\C/C=C\C/C=C\C/C=C\C/C=C\C/C=C\CCCCCCCCCCCCCCC(=O)OC(COC(=O)CCCCCCC/C=C\C/C=C\CCCCCC)COP(=O)([O-])OCC[N+](C)(C)C. The molecule has 0 bridgehead atoms. The van der Waals surface area contributed by atoms with Crippen LogP contribution in [0.25, 0.3) is 0 Å². The Labute approximate surface area is 436 Å². The number of nitrogens with zero attached hydrogens (tertiary/aromatic N) is 1. The third kappa shape index (κ3) is 56.1. The Hall–Kier alpha value is -3.07. The van der Waals surface area contributed by atoms with Crippen molar-refractivity contribution in [1.29, 1.82) is 0 Å². The third-order valence-corrected chi connectivity index (χ3v) is 12.8. The summed E-state index contributed by atoms with van der Waals surface area (Å²) in [6, 6.07) is 0. The van der Waals surface area contributed by atoms with Crippen molar-refractivity contribution in [2.75, 3.05) is 47.5 Å². The molecule has 0 heterocycles. The number of quaternary nitrogens is 1. The number of phosphoric ester groups is 1. The van der Waals surface area contributed by atoms with E-state index >= 15 is 0 Å². The van der Waals surface area contributed by atoms with Crippen LogP contribution in [-0.2, 0) is 32.7 Å². The Balaban J connectivity index is 4.16. The minimum Gasteiger partial charge on any atom is -0.756 e. The summed E-state index contributed by atoms with van der Waals surface area (Å²) >= 11 is 0. The van der Waals surface area contributed by atoms with Crippen molar-refractivity contribution in [3.05, 3.63) is 97.2 Å². The van der Waals surface area contributed by atoms with Crippen LogP contribution in [0.3, 0.4) is 0 Å². The van der Waals surface area contributed by atoms with E-state index < -0.39 is 32.5 Å². The van der Waals surface area contributed by atoms with Gasteiger partial charge < -0.3 is 27.9 Å². The molecule has 0 saturated carbocycles. The van der Waals surface area contributed by atoms with Crippen molar-refractivity contribution in [3.8, 4) is 0 Å². The molecule has 0 N–H and O–H groups in total. The van der Waals surface area contributed by atoms with Crippen LogP contribution in [0.15, 0.2) is 97.2 Å². The van der Waals surface area contributed by atoms with Crippen LogP contribution in [0.1, 0.15) is 226 Å². The molecule has 2 atom stereocenters. The molecule has 0 aromatic carbocycles. The van der Waals surface area contributed by atoms with E-state index in [1.807, 2.05) is 21.1 Å². The Morgan fingerprint density at radius 3 is 1.20 bits per heavy atom. The lowest BCUT2D eigenvalue weighted by Crippen LogP contribution is -2.37. The van der Waals surface area contributed by atoms with E-state index in [0.717, 1.165) is 96.3 Å². The second kappa shape index (κ2) is 51.8. The van der Waals surface area contributed by atoms with E-state index in [4.69, 9.17) is 18.5 Å². The highest BCUT2D eigenvalue weighted by Crippen LogP contribution is 2.38. The van der Waals surface area contributed by atoms with Crippen LogP contribution < -0.4 is 4.89 Å². The Morgan fingerprint density at radius 1 is 0.451 bits per heavy atom. The first-order chi connectivity index (χ1) is 34.5. The lowest BCUT2D eigenvalue weighted by atomic mass is 10.0. The number of carbonyl (C=O) groups excluding carboxylic acids is 2. The standard InChI is InChI=1S/C61H106NO8P/c1-6-8-10-12-14-16-18-20-22-24-25-26-27-28-29-30-31-32-33-34-35-36-37-38-40-42-44-46-48-50-52-54-61(64)70-59(58-69-71(65,66)68-56-55-62(3,4)5)57-67-60(63)53-51-49-47-45-43-41-39-23-21-19-17-15-13-11-9-7-2/h8,10,14,16-17,19-20,22-23,25-26,28-29,31-32,39,59H,6-7,9,11-13,15,18,21,24,27,30,33-38,40-58H2,1-5H3/b10-8-,16-14-,19-17-,22-20-,26-25-,29-28-,32-31-,39-23-. The molecule has 0 spiro atoms. The number of ether oxygens (including phenoxy) is 2. The number of esters is 2. The van der Waals surface area contributed by atoms with Gasteiger partial charge in [-0.1, -0.05) is 214 Å². The van der Waals surface area contributed by atoms with Gasteiger partial charge in [0.15, 0.2) is 6.10 Å². The fourth-order valence-corrected chi connectivity index (χ4v) is 8.18. The topological polar surface area (TPSA) is 111 Å². The van der Waals surface area contributed by atoms with Crippen LogP contribution in [0, 0.1) is 0 Å². The largest absolute Gasteiger partial charge is 0.756 e. The van der Waals surface area contributed by atoms with E-state index in [-0.39, 0.29) is 26.1 Å². The molecule has 10 heteroatoms. The van der Waals surface area contributed by atoms with Gasteiger partial charge in [0.2, 0.25) is 0 Å². The van der Waals surface area contributed by atoms with E-state index in [1.54, 1.807) is 0 Å². The van der Waals surface area contributed by atoms with Gasteiger partial charge in [0.1, 0.15) is 19.8 Å². The molecule has 0 aliphatic heterocycles. The van der Waals surface area contributed by atoms with E-state index in [9.17, 15) is 19.0 Å². The fraction of sp³-hybridized carbons (Fsp3) is 0.705. The van der Waals surface area contributed by atoms with Crippen molar-refractivity contribution < 1.29 is 42.1 Å². The molecule has 0 aliphatic rings. The van der Waals surface area contributed by atoms with Crippen molar-refractivity contribution in [2.45, 2.75) is 232 Å². The van der Waals surface area contributed by atoms with Gasteiger partial charge in [-0.3, -0.25) is 14.2 Å². The number of carbonyl (C=O) groups is 2. The minimum absolute atomic E-state index is 0.0375. The maximum atomic E-state index is 12.8. The van der Waals surface area contributed by atoms with E-state index in [1.165, 1.54) is 89.9 Å². The molecule has 71 heavy (non-hydrogen) atoms. The highest BCUT2D eigenvalue weighted by molar-refractivity contribution is 7.45. The summed E-state index contributed by atoms with van der Waals surface area (Å²) in [6.45, 7) is 4.08. The molecule has 0 rings (SSSR count). The van der Waals surface area contributed by atoms with Crippen molar-refractivity contribution in [2.24, 2.45) is 0 Å². The molecule has 0 saturated heterocycles. The maximum Gasteiger partial charge on any atom is 0.306 e. The first kappa shape index (κ1) is 67.9. The monoisotopic (exact) mass is 1010 g/mol. The first-order valence-corrected chi connectivity index (χ1v) is 29.9. The predicted octanol–water partition coefficient (Wildman–Crippen LogP) is 17.0. The van der Waals surface area contributed by atoms with Crippen LogP contribution in [0.5, 0.6) is 0 Å². The molecule has 9 nitrogen and oxygen atoms in total. The van der Waals surface area contributed by atoms with Gasteiger partial charge in [-0.2, -0.15) is 0 Å². The van der Waals surface area contributed by atoms with Gasteiger partial charge >= 0.3 is 11.9 Å². The van der Waals surface area contributed by atoms with Gasteiger partial charge in [0.25, 0.3) is 7.82 Å². The molecule has 2 unspecified atom stereocenters. The summed E-state index contributed by atoms with van der Waals surface area (Å²) in [4.78, 5) is 37.8. The minimum atomic E-state index is -4.64. The summed E-state index contributed by atoms with van der Waals surface area (Å²) in [6.07, 6.45) is 70.2. The smallest absolute Gasteiger partial charge is 0.306 e. The Kier molecular flexibility index (Phi) is 49.6. The molecule has 0 aromatic heterocycles. The van der Waals surface area contributed by atoms with E-state index in [0.29, 0.717) is 23.9 Å². The molecule has 0 aromatic rings. The summed E-state index contributed by atoms with van der Waals surface area (Å²) in [5, 5.41) is 0. The molecular weight excluding hydrogens is 906 g/mol. The number of likely N-dealkylation sites (N-methyl/N-ethyl adjacent to an activating group) is 1. The average Bonchev–Trinajstić information content (AvgIpc) is 3.33. The quantitative estimate of drug-likeness (QED) is 0.0195. The van der Waals surface area contributed by atoms with Gasteiger partial charge in [-0.15, -0.1) is 0 Å². The summed E-state index contributed by atoms with van der Waals surface area (Å²) in [5.41, 5.74) is 0. The average molecular weight is 1010 g/mol. The molecule has 0 radical (unpaired) electrons. The predicted molar refractivity (Wildman–Crippen MR) is 300 cm³/mol. The van der Waals surface area contributed by atoms with Crippen LogP contribution >= 0.6 is 7.82 Å². The lowest BCUT2D eigenvalue weighted by Gasteiger charge is -2.28. The van der Waals surface area contributed by atoms with Crippen LogP contribution in [-0.4, -0.2) is 70.0 Å². The second-order valence-electron chi connectivity index (χ2n) is 19.9. The zero-order valence-corrected chi connectivity index (χ0v) is 47.0. The van der Waals surface area contributed by atoms with Gasteiger partial charge in [-0.25, -0.2) is 0 Å². The van der Waals surface area contributed by atoms with Crippen molar-refractivity contribution >= 4 is 19.8 Å². The number of allylic oxidation sites excluding steroid dienone is 16. The molecule has 408 valence electrons. The number of rotatable bonds is 51. The molecular formula is C61H106NO8P. The fourth-order valence-electron chi connectivity index (χ4n) is 7.45. The zero-order chi connectivity index (χ0) is 52.0. The normalized spacial score (nSPS) is 14.1. The highest BCUT2D eigenvalue weighted by atomic mass is 31.2. The molecule has 0 aliphatic carbocycles. The van der Waals surface area contributed by atoms with Gasteiger partial charge in [0.05, 0.1) is 27.7 Å². The van der Waals surface area contributed by atoms with Crippen LogP contribution in [0.2, 0.25) is 0 Å². The molecule has 0 fully saturated rings. The first-order valence-electron chi connectivity index (χ1n) is 28.4. The summed E-state index contributed by atoms with van der Waals surface area (Å²) < 4.78 is 34.1. The Bertz CT molecular complexity index is 1520. The zero-order valence-electron chi connectivity index (χ0n) is 46.1. The summed E-state index contributed by atoms with van der Waals surface area (Å²) in [7, 11) is 1.15. The summed E-state index contributed by atoms with van der Waals surface area (Å²) in [5.74, 6) is -0.854. The van der Waals surface area contributed by atoms with Crippen molar-refractivity contribution in [3.63, 3.8) is 0 Å². The van der Waals surface area contributed by atoms with Crippen LogP contribution in [0.4, 0.5) is 0 Å². The van der Waals surface area contributed by atoms with E-state index in [2.05, 4.69) is 111 Å². The third-order valence-electron chi connectivity index (χ3n) is 11.8. The highest BCUT2D eigenvalue weighted by Gasteiger charge is 2.21. The lowest BCUT2D eigenvalue weighted by molar-refractivity contribution is -0.870.